The van der Waals surface area contributed by atoms with Crippen LogP contribution in [0.25, 0.3) is 22.5 Å². The number of fused-ring (bicyclic) bond motifs is 2. The van der Waals surface area contributed by atoms with E-state index in [1.165, 1.54) is 23.9 Å². The molecule has 0 amide bonds. The summed E-state index contributed by atoms with van der Waals surface area (Å²) in [5.74, 6) is 0.334. The summed E-state index contributed by atoms with van der Waals surface area (Å²) in [6, 6.07) is 12.2. The highest BCUT2D eigenvalue weighted by molar-refractivity contribution is 7.99. The van der Waals surface area contributed by atoms with E-state index in [0.717, 1.165) is 32.4 Å². The van der Waals surface area contributed by atoms with Gasteiger partial charge in [-0.2, -0.15) is 0 Å². The van der Waals surface area contributed by atoms with Crippen LogP contribution in [-0.4, -0.2) is 54.9 Å². The number of pyridine rings is 2. The third-order valence-corrected chi connectivity index (χ3v) is 6.16. The molecular formula is C22H19FN6OS. The van der Waals surface area contributed by atoms with Gasteiger partial charge in [0.2, 0.25) is 0 Å². The fourth-order valence-electron chi connectivity index (χ4n) is 3.62. The Hall–Kier alpha value is -3.14. The highest BCUT2D eigenvalue weighted by atomic mass is 32.2. The summed E-state index contributed by atoms with van der Waals surface area (Å²) in [5, 5.41) is 15.9. The first-order chi connectivity index (χ1) is 15.1. The van der Waals surface area contributed by atoms with Crippen molar-refractivity contribution in [1.29, 1.82) is 0 Å². The van der Waals surface area contributed by atoms with E-state index < -0.39 is 0 Å². The number of aromatic nitrogens is 5. The topological polar surface area (TPSA) is 80.0 Å². The lowest BCUT2D eigenvalue weighted by atomic mass is 10.0. The van der Waals surface area contributed by atoms with Crippen LogP contribution in [0.15, 0.2) is 71.2 Å². The number of nitrogens with zero attached hydrogens (tertiary/aromatic N) is 6. The molecule has 31 heavy (non-hydrogen) atoms. The van der Waals surface area contributed by atoms with E-state index in [2.05, 4.69) is 16.0 Å². The normalized spacial score (nSPS) is 15.0. The molecule has 0 saturated heterocycles. The van der Waals surface area contributed by atoms with Crippen LogP contribution >= 0.6 is 11.8 Å². The smallest absolute Gasteiger partial charge is 0.194 e. The molecule has 1 aliphatic heterocycles. The standard InChI is InChI=1S/C22H19FN6OS/c1-28(10-11-30)21-18-12-16(14-2-4-17(23)5-3-14)13-25-20(18)31-22-26-19(27-29(21)22)15-6-8-24-9-7-15/h2-9,12-13,21,30H,10-11H2,1H3/t21-/m1/s1. The second-order valence-electron chi connectivity index (χ2n) is 7.20. The van der Waals surface area contributed by atoms with Gasteiger partial charge in [0.05, 0.1) is 6.61 Å². The van der Waals surface area contributed by atoms with Gasteiger partial charge in [-0.05, 0) is 54.7 Å². The summed E-state index contributed by atoms with van der Waals surface area (Å²) in [5.41, 5.74) is 3.61. The summed E-state index contributed by atoms with van der Waals surface area (Å²) in [6.45, 7) is 0.473. The van der Waals surface area contributed by atoms with Crippen molar-refractivity contribution in [1.82, 2.24) is 29.6 Å². The summed E-state index contributed by atoms with van der Waals surface area (Å²) >= 11 is 1.46. The van der Waals surface area contributed by atoms with Crippen molar-refractivity contribution in [2.75, 3.05) is 20.2 Å². The maximum absolute atomic E-state index is 13.4. The Labute approximate surface area is 182 Å². The van der Waals surface area contributed by atoms with Crippen molar-refractivity contribution in [3.63, 3.8) is 0 Å². The molecule has 0 radical (unpaired) electrons. The number of rotatable bonds is 5. The van der Waals surface area contributed by atoms with Gasteiger partial charge in [-0.15, -0.1) is 5.10 Å². The third kappa shape index (κ3) is 3.71. The number of hydrogen-bond donors (Lipinski definition) is 1. The molecule has 1 atom stereocenters. The van der Waals surface area contributed by atoms with Crippen molar-refractivity contribution < 1.29 is 9.50 Å². The Balaban J connectivity index is 1.61. The number of aliphatic hydroxyl groups excluding tert-OH is 1. The number of halogens is 1. The lowest BCUT2D eigenvalue weighted by Gasteiger charge is -2.32. The van der Waals surface area contributed by atoms with Crippen LogP contribution in [0, 0.1) is 5.82 Å². The summed E-state index contributed by atoms with van der Waals surface area (Å²) in [7, 11) is 1.93. The van der Waals surface area contributed by atoms with Crippen LogP contribution in [0.5, 0.6) is 0 Å². The first-order valence-corrected chi connectivity index (χ1v) is 10.6. The minimum Gasteiger partial charge on any atom is -0.395 e. The molecule has 1 aromatic carbocycles. The predicted molar refractivity (Wildman–Crippen MR) is 115 cm³/mol. The maximum Gasteiger partial charge on any atom is 0.194 e. The SMILES string of the molecule is CN(CCO)[C@H]1c2cc(-c3ccc(F)cc3)cnc2Sc2nc(-c3ccncc3)nn21. The number of hydrogen-bond acceptors (Lipinski definition) is 7. The molecule has 0 fully saturated rings. The Morgan fingerprint density at radius 3 is 2.61 bits per heavy atom. The van der Waals surface area contributed by atoms with Gasteiger partial charge in [0.25, 0.3) is 0 Å². The van der Waals surface area contributed by atoms with Gasteiger partial charge in [0.1, 0.15) is 17.0 Å². The highest BCUT2D eigenvalue weighted by Crippen LogP contribution is 2.42. The zero-order valence-corrected chi connectivity index (χ0v) is 17.5. The minimum atomic E-state index is -0.283. The van der Waals surface area contributed by atoms with Gasteiger partial charge < -0.3 is 5.11 Å². The second-order valence-corrected chi connectivity index (χ2v) is 8.16. The summed E-state index contributed by atoms with van der Waals surface area (Å²) in [4.78, 5) is 15.5. The summed E-state index contributed by atoms with van der Waals surface area (Å²) in [6.07, 6.45) is 4.93. The fraction of sp³-hybridized carbons (Fsp3) is 0.182. The Morgan fingerprint density at radius 2 is 1.87 bits per heavy atom. The van der Waals surface area contributed by atoms with Crippen molar-refractivity contribution >= 4 is 11.8 Å². The van der Waals surface area contributed by atoms with Crippen LogP contribution in [0.1, 0.15) is 11.7 Å². The van der Waals surface area contributed by atoms with Gasteiger partial charge in [0, 0.05) is 41.8 Å². The van der Waals surface area contributed by atoms with Gasteiger partial charge in [-0.3, -0.25) is 9.88 Å². The van der Waals surface area contributed by atoms with E-state index in [4.69, 9.17) is 10.1 Å². The molecule has 7 nitrogen and oxygen atoms in total. The Morgan fingerprint density at radius 1 is 1.10 bits per heavy atom. The van der Waals surface area contributed by atoms with E-state index >= 15 is 0 Å². The van der Waals surface area contributed by atoms with Gasteiger partial charge in [-0.25, -0.2) is 19.0 Å². The number of likely N-dealkylation sites (N-methyl/N-ethyl adjacent to an activating group) is 1. The third-order valence-electron chi connectivity index (χ3n) is 5.16. The molecule has 4 heterocycles. The molecular weight excluding hydrogens is 415 g/mol. The van der Waals surface area contributed by atoms with Crippen molar-refractivity contribution in [2.24, 2.45) is 0 Å². The molecule has 9 heteroatoms. The average molecular weight is 435 g/mol. The highest BCUT2D eigenvalue weighted by Gasteiger charge is 2.33. The molecule has 0 spiro atoms. The molecule has 4 aromatic rings. The molecule has 0 saturated carbocycles. The van der Waals surface area contributed by atoms with E-state index in [9.17, 15) is 9.50 Å². The van der Waals surface area contributed by atoms with Crippen LogP contribution in [-0.2, 0) is 0 Å². The van der Waals surface area contributed by atoms with Gasteiger partial charge in [0.15, 0.2) is 11.0 Å². The minimum absolute atomic E-state index is 0.0157. The molecule has 0 aliphatic carbocycles. The van der Waals surface area contributed by atoms with Crippen molar-refractivity contribution in [3.8, 4) is 22.5 Å². The molecule has 5 rings (SSSR count). The monoisotopic (exact) mass is 434 g/mol. The zero-order valence-electron chi connectivity index (χ0n) is 16.7. The Bertz CT molecular complexity index is 1210. The number of aliphatic hydroxyl groups is 1. The molecule has 1 aliphatic rings. The zero-order chi connectivity index (χ0) is 21.4. The van der Waals surface area contributed by atoms with Crippen LogP contribution < -0.4 is 0 Å². The lowest BCUT2D eigenvalue weighted by molar-refractivity contribution is 0.144. The van der Waals surface area contributed by atoms with E-state index in [-0.39, 0.29) is 18.6 Å². The molecule has 0 bridgehead atoms. The fourth-order valence-corrected chi connectivity index (χ4v) is 4.55. The number of benzene rings is 1. The lowest BCUT2D eigenvalue weighted by Crippen LogP contribution is -2.35. The quantitative estimate of drug-likeness (QED) is 0.515. The molecule has 3 aromatic heterocycles. The summed E-state index contributed by atoms with van der Waals surface area (Å²) < 4.78 is 15.2. The molecule has 0 unspecified atom stereocenters. The first kappa shape index (κ1) is 19.8. The second kappa shape index (κ2) is 8.18. The average Bonchev–Trinajstić information content (AvgIpc) is 3.22. The van der Waals surface area contributed by atoms with Crippen molar-refractivity contribution in [3.05, 3.63) is 72.4 Å². The van der Waals surface area contributed by atoms with Gasteiger partial charge >= 0.3 is 0 Å². The molecule has 156 valence electrons. The first-order valence-electron chi connectivity index (χ1n) is 9.76. The largest absolute Gasteiger partial charge is 0.395 e. The van der Waals surface area contributed by atoms with Crippen molar-refractivity contribution in [2.45, 2.75) is 16.3 Å². The van der Waals surface area contributed by atoms with Crippen LogP contribution in [0.2, 0.25) is 0 Å². The Kier molecular flexibility index (Phi) is 5.23. The van der Waals surface area contributed by atoms with Crippen LogP contribution in [0.4, 0.5) is 4.39 Å². The predicted octanol–water partition coefficient (Wildman–Crippen LogP) is 3.48. The van der Waals surface area contributed by atoms with Gasteiger partial charge in [-0.1, -0.05) is 12.1 Å². The van der Waals surface area contributed by atoms with E-state index in [0.29, 0.717) is 12.4 Å². The molecule has 1 N–H and O–H groups in total. The maximum atomic E-state index is 13.4. The van der Waals surface area contributed by atoms with E-state index in [1.807, 2.05) is 28.8 Å². The van der Waals surface area contributed by atoms with E-state index in [1.54, 1.807) is 30.7 Å². The van der Waals surface area contributed by atoms with Crippen LogP contribution in [0.3, 0.4) is 0 Å².